The second-order valence-corrected chi connectivity index (χ2v) is 7.88. The minimum atomic E-state index is -0.100. The van der Waals surface area contributed by atoms with Crippen LogP contribution >= 0.6 is 0 Å². The molecule has 7 heteroatoms. The zero-order valence-electron chi connectivity index (χ0n) is 16.7. The largest absolute Gasteiger partial charge is 0.441 e. The molecule has 5 rings (SSSR count). The number of pyridine rings is 1. The SMILES string of the molecule is Cc1nc2ccc(-c3cc(=O)n4cc(N5CC(C)NC(C)C5)ccc4n3)cc2o1. The maximum atomic E-state index is 12.9. The Morgan fingerprint density at radius 3 is 2.66 bits per heavy atom. The Hall–Kier alpha value is -3.19. The van der Waals surface area contributed by atoms with Gasteiger partial charge in [-0.2, -0.15) is 0 Å². The van der Waals surface area contributed by atoms with Gasteiger partial charge in [0, 0.05) is 49.9 Å². The van der Waals surface area contributed by atoms with Crippen molar-refractivity contribution in [3.63, 3.8) is 0 Å². The molecule has 1 fully saturated rings. The van der Waals surface area contributed by atoms with E-state index in [0.29, 0.717) is 34.9 Å². The summed E-state index contributed by atoms with van der Waals surface area (Å²) >= 11 is 0. The van der Waals surface area contributed by atoms with E-state index in [1.165, 1.54) is 0 Å². The van der Waals surface area contributed by atoms with E-state index in [1.807, 2.05) is 43.5 Å². The molecule has 0 amide bonds. The Morgan fingerprint density at radius 2 is 1.86 bits per heavy atom. The third-order valence-electron chi connectivity index (χ3n) is 5.36. The number of nitrogens with zero attached hydrogens (tertiary/aromatic N) is 4. The summed E-state index contributed by atoms with van der Waals surface area (Å²) < 4.78 is 7.23. The molecule has 1 aliphatic rings. The van der Waals surface area contributed by atoms with E-state index in [1.54, 1.807) is 10.5 Å². The summed E-state index contributed by atoms with van der Waals surface area (Å²) in [5, 5.41) is 3.53. The van der Waals surface area contributed by atoms with Crippen molar-refractivity contribution in [3.05, 3.63) is 58.8 Å². The van der Waals surface area contributed by atoms with Gasteiger partial charge in [-0.3, -0.25) is 9.20 Å². The first kappa shape index (κ1) is 17.9. The zero-order valence-corrected chi connectivity index (χ0v) is 16.7. The minimum Gasteiger partial charge on any atom is -0.441 e. The predicted molar refractivity (Wildman–Crippen MR) is 113 cm³/mol. The number of hydrogen-bond donors (Lipinski definition) is 1. The number of piperazine rings is 1. The first-order valence-electron chi connectivity index (χ1n) is 9.88. The molecule has 29 heavy (non-hydrogen) atoms. The molecular formula is C22H23N5O2. The van der Waals surface area contributed by atoms with Crippen molar-refractivity contribution in [2.75, 3.05) is 18.0 Å². The molecule has 1 N–H and O–H groups in total. The zero-order chi connectivity index (χ0) is 20.1. The van der Waals surface area contributed by atoms with Crippen molar-refractivity contribution in [2.45, 2.75) is 32.9 Å². The molecule has 0 spiro atoms. The maximum absolute atomic E-state index is 12.9. The fourth-order valence-electron chi connectivity index (χ4n) is 4.16. The van der Waals surface area contributed by atoms with Crippen LogP contribution in [0.3, 0.4) is 0 Å². The fourth-order valence-corrected chi connectivity index (χ4v) is 4.16. The average molecular weight is 389 g/mol. The molecule has 1 aromatic carbocycles. The highest BCUT2D eigenvalue weighted by molar-refractivity contribution is 5.79. The maximum Gasteiger partial charge on any atom is 0.258 e. The van der Waals surface area contributed by atoms with Crippen LogP contribution in [0.1, 0.15) is 19.7 Å². The van der Waals surface area contributed by atoms with Gasteiger partial charge in [-0.25, -0.2) is 9.97 Å². The van der Waals surface area contributed by atoms with Crippen LogP contribution in [0.25, 0.3) is 28.0 Å². The lowest BCUT2D eigenvalue weighted by Gasteiger charge is -2.37. The van der Waals surface area contributed by atoms with Crippen LogP contribution in [0.5, 0.6) is 0 Å². The van der Waals surface area contributed by atoms with Crippen molar-refractivity contribution in [1.29, 1.82) is 0 Å². The lowest BCUT2D eigenvalue weighted by molar-refractivity contribution is 0.407. The highest BCUT2D eigenvalue weighted by Gasteiger charge is 2.21. The molecule has 7 nitrogen and oxygen atoms in total. The molecule has 0 radical (unpaired) electrons. The number of hydrogen-bond acceptors (Lipinski definition) is 6. The fraction of sp³-hybridized carbons (Fsp3) is 0.318. The summed E-state index contributed by atoms with van der Waals surface area (Å²) in [6.45, 7) is 7.99. The van der Waals surface area contributed by atoms with Gasteiger partial charge in [-0.1, -0.05) is 6.07 Å². The van der Waals surface area contributed by atoms with E-state index in [-0.39, 0.29) is 5.56 Å². The topological polar surface area (TPSA) is 75.7 Å². The van der Waals surface area contributed by atoms with Crippen molar-refractivity contribution in [3.8, 4) is 11.3 Å². The molecule has 0 aliphatic carbocycles. The molecule has 2 atom stereocenters. The molecule has 1 saturated heterocycles. The van der Waals surface area contributed by atoms with E-state index in [0.717, 1.165) is 29.9 Å². The Kier molecular flexibility index (Phi) is 4.13. The average Bonchev–Trinajstić information content (AvgIpc) is 3.06. The van der Waals surface area contributed by atoms with E-state index >= 15 is 0 Å². The van der Waals surface area contributed by atoms with Gasteiger partial charge in [0.25, 0.3) is 5.56 Å². The van der Waals surface area contributed by atoms with Crippen molar-refractivity contribution < 1.29 is 4.42 Å². The molecule has 0 bridgehead atoms. The lowest BCUT2D eigenvalue weighted by atomic mass is 10.1. The lowest BCUT2D eigenvalue weighted by Crippen LogP contribution is -2.54. The van der Waals surface area contributed by atoms with Gasteiger partial charge in [0.2, 0.25) is 0 Å². The van der Waals surface area contributed by atoms with Crippen LogP contribution in [0.2, 0.25) is 0 Å². The number of aryl methyl sites for hydroxylation is 1. The van der Waals surface area contributed by atoms with Crippen LogP contribution in [-0.2, 0) is 0 Å². The third kappa shape index (κ3) is 3.27. The standard InChI is InChI=1S/C22H23N5O2/c1-13-10-26(11-14(2)23-13)17-5-7-21-25-19(9-22(28)27(21)12-17)16-4-6-18-20(8-16)29-15(3)24-18/h4-9,12-14,23H,10-11H2,1-3H3. The summed E-state index contributed by atoms with van der Waals surface area (Å²) in [7, 11) is 0. The Morgan fingerprint density at radius 1 is 1.07 bits per heavy atom. The first-order chi connectivity index (χ1) is 14.0. The summed E-state index contributed by atoms with van der Waals surface area (Å²) in [4.78, 5) is 24.2. The molecule has 0 saturated carbocycles. The highest BCUT2D eigenvalue weighted by Crippen LogP contribution is 2.24. The van der Waals surface area contributed by atoms with Gasteiger partial charge < -0.3 is 14.6 Å². The Bertz CT molecular complexity index is 1270. The van der Waals surface area contributed by atoms with E-state index in [9.17, 15) is 4.79 Å². The van der Waals surface area contributed by atoms with Crippen LogP contribution in [-0.4, -0.2) is 39.5 Å². The van der Waals surface area contributed by atoms with Gasteiger partial charge in [-0.15, -0.1) is 0 Å². The van der Waals surface area contributed by atoms with Crippen LogP contribution in [0, 0.1) is 6.92 Å². The predicted octanol–water partition coefficient (Wildman–Crippen LogP) is 3.00. The Labute approximate surface area is 168 Å². The first-order valence-corrected chi connectivity index (χ1v) is 9.88. The molecule has 148 valence electrons. The van der Waals surface area contributed by atoms with E-state index in [4.69, 9.17) is 9.40 Å². The van der Waals surface area contributed by atoms with Crippen molar-refractivity contribution in [2.24, 2.45) is 0 Å². The van der Waals surface area contributed by atoms with Crippen LogP contribution < -0.4 is 15.8 Å². The third-order valence-corrected chi connectivity index (χ3v) is 5.36. The quantitative estimate of drug-likeness (QED) is 0.568. The summed E-state index contributed by atoms with van der Waals surface area (Å²) in [5.41, 5.74) is 4.52. The second kappa shape index (κ2) is 6.70. The van der Waals surface area contributed by atoms with Crippen LogP contribution in [0.15, 0.2) is 51.8 Å². The Balaban J connectivity index is 1.55. The van der Waals surface area contributed by atoms with Crippen LogP contribution in [0.4, 0.5) is 5.69 Å². The molecule has 1 aliphatic heterocycles. The molecule has 4 aromatic rings. The summed E-state index contributed by atoms with van der Waals surface area (Å²) in [6.07, 6.45) is 1.89. The minimum absolute atomic E-state index is 0.100. The highest BCUT2D eigenvalue weighted by atomic mass is 16.3. The number of nitrogens with one attached hydrogen (secondary N) is 1. The van der Waals surface area contributed by atoms with E-state index in [2.05, 4.69) is 29.0 Å². The summed E-state index contributed by atoms with van der Waals surface area (Å²) in [6, 6.07) is 12.0. The second-order valence-electron chi connectivity index (χ2n) is 7.88. The van der Waals surface area contributed by atoms with Gasteiger partial charge in [0.05, 0.1) is 11.4 Å². The van der Waals surface area contributed by atoms with Gasteiger partial charge in [0.15, 0.2) is 11.5 Å². The van der Waals surface area contributed by atoms with E-state index < -0.39 is 0 Å². The molecule has 3 aromatic heterocycles. The normalized spacial score (nSPS) is 19.9. The molecule has 4 heterocycles. The number of aromatic nitrogens is 3. The number of fused-ring (bicyclic) bond motifs is 2. The molecular weight excluding hydrogens is 366 g/mol. The smallest absolute Gasteiger partial charge is 0.258 e. The van der Waals surface area contributed by atoms with Gasteiger partial charge >= 0.3 is 0 Å². The molecule has 2 unspecified atom stereocenters. The summed E-state index contributed by atoms with van der Waals surface area (Å²) in [5.74, 6) is 0.618. The number of anilines is 1. The van der Waals surface area contributed by atoms with Crippen molar-refractivity contribution in [1.82, 2.24) is 19.7 Å². The number of oxazole rings is 1. The number of benzene rings is 1. The van der Waals surface area contributed by atoms with Crippen molar-refractivity contribution >= 4 is 22.4 Å². The number of rotatable bonds is 2. The van der Waals surface area contributed by atoms with Gasteiger partial charge in [0.1, 0.15) is 11.2 Å². The monoisotopic (exact) mass is 389 g/mol. The van der Waals surface area contributed by atoms with Gasteiger partial charge in [-0.05, 0) is 38.1 Å².